The summed E-state index contributed by atoms with van der Waals surface area (Å²) in [6, 6.07) is 15.7. The van der Waals surface area contributed by atoms with Gasteiger partial charge in [-0.25, -0.2) is 0 Å². The maximum atomic E-state index is 5.42. The molecule has 2 aromatic heterocycles. The minimum Gasteiger partial charge on any atom is -0.496 e. The molecule has 0 saturated heterocycles. The van der Waals surface area contributed by atoms with E-state index >= 15 is 0 Å². The molecule has 0 amide bonds. The van der Waals surface area contributed by atoms with Crippen LogP contribution >= 0.6 is 11.8 Å². The van der Waals surface area contributed by atoms with Crippen LogP contribution in [0.4, 0.5) is 0 Å². The van der Waals surface area contributed by atoms with Gasteiger partial charge in [0.2, 0.25) is 11.7 Å². The van der Waals surface area contributed by atoms with Crippen molar-refractivity contribution in [1.29, 1.82) is 0 Å². The van der Waals surface area contributed by atoms with Gasteiger partial charge in [0, 0.05) is 0 Å². The fraction of sp³-hybridized carbons (Fsp3) is 0.200. The quantitative estimate of drug-likeness (QED) is 0.453. The molecule has 0 bridgehead atoms. The van der Waals surface area contributed by atoms with Gasteiger partial charge in [-0.2, -0.15) is 4.98 Å². The second-order valence-electron chi connectivity index (χ2n) is 6.15. The summed E-state index contributed by atoms with van der Waals surface area (Å²) in [5.41, 5.74) is 3.01. The normalized spacial score (nSPS) is 11.0. The van der Waals surface area contributed by atoms with Crippen molar-refractivity contribution in [2.75, 3.05) is 7.11 Å². The van der Waals surface area contributed by atoms with Crippen LogP contribution in [0.2, 0.25) is 0 Å². The number of benzene rings is 2. The van der Waals surface area contributed by atoms with Crippen LogP contribution in [0.15, 0.2) is 58.2 Å². The molecule has 0 atom stereocenters. The van der Waals surface area contributed by atoms with Crippen LogP contribution < -0.4 is 4.74 Å². The molecule has 7 nitrogen and oxygen atoms in total. The van der Waals surface area contributed by atoms with Crippen LogP contribution in [0.5, 0.6) is 5.75 Å². The van der Waals surface area contributed by atoms with E-state index in [2.05, 4.69) is 39.4 Å². The van der Waals surface area contributed by atoms with E-state index in [1.807, 2.05) is 47.9 Å². The molecule has 28 heavy (non-hydrogen) atoms. The first-order valence-electron chi connectivity index (χ1n) is 8.74. The number of nitrogens with zero attached hydrogens (tertiary/aromatic N) is 5. The number of hydrogen-bond donors (Lipinski definition) is 0. The number of thioether (sulfide) groups is 1. The van der Waals surface area contributed by atoms with Crippen LogP contribution in [0.1, 0.15) is 17.3 Å². The van der Waals surface area contributed by atoms with Gasteiger partial charge in [0.25, 0.3) is 0 Å². The second-order valence-corrected chi connectivity index (χ2v) is 7.09. The Balaban J connectivity index is 1.56. The summed E-state index contributed by atoms with van der Waals surface area (Å²) in [7, 11) is 1.62. The minimum absolute atomic E-state index is 0.492. The first-order chi connectivity index (χ1) is 13.7. The lowest BCUT2D eigenvalue weighted by Gasteiger charge is -2.10. The zero-order chi connectivity index (χ0) is 19.5. The molecule has 0 saturated carbocycles. The van der Waals surface area contributed by atoms with Crippen molar-refractivity contribution in [2.45, 2.75) is 24.8 Å². The van der Waals surface area contributed by atoms with E-state index in [-0.39, 0.29) is 0 Å². The van der Waals surface area contributed by atoms with Crippen LogP contribution in [0.3, 0.4) is 0 Å². The van der Waals surface area contributed by atoms with Crippen LogP contribution in [0, 0.1) is 13.8 Å². The van der Waals surface area contributed by atoms with Gasteiger partial charge < -0.3 is 9.26 Å². The summed E-state index contributed by atoms with van der Waals surface area (Å²) < 4.78 is 12.8. The molecule has 0 N–H and O–H groups in total. The summed E-state index contributed by atoms with van der Waals surface area (Å²) in [6.45, 7) is 4.01. The maximum Gasteiger partial charge on any atom is 0.237 e. The molecular formula is C20H19N5O2S. The third-order valence-electron chi connectivity index (χ3n) is 4.29. The molecular weight excluding hydrogens is 374 g/mol. The Morgan fingerprint density at radius 3 is 2.64 bits per heavy atom. The monoisotopic (exact) mass is 393 g/mol. The first kappa shape index (κ1) is 18.2. The Morgan fingerprint density at radius 1 is 1.04 bits per heavy atom. The minimum atomic E-state index is 0.492. The second kappa shape index (κ2) is 7.85. The largest absolute Gasteiger partial charge is 0.496 e. The molecule has 0 fully saturated rings. The maximum absolute atomic E-state index is 5.42. The first-order valence-corrected chi connectivity index (χ1v) is 9.72. The SMILES string of the molecule is COc1ccccc1-c1noc(CSc2nnc(C)n2-c2ccccc2C)n1. The zero-order valence-corrected chi connectivity index (χ0v) is 16.6. The summed E-state index contributed by atoms with van der Waals surface area (Å²) in [5, 5.41) is 13.4. The van der Waals surface area contributed by atoms with Crippen LogP contribution in [-0.2, 0) is 5.75 Å². The Morgan fingerprint density at radius 2 is 1.82 bits per heavy atom. The number of methoxy groups -OCH3 is 1. The van der Waals surface area contributed by atoms with E-state index in [0.717, 1.165) is 27.8 Å². The summed E-state index contributed by atoms with van der Waals surface area (Å²) in [6.07, 6.45) is 0. The van der Waals surface area contributed by atoms with Crippen LogP contribution in [0.25, 0.3) is 17.1 Å². The molecule has 0 aliphatic carbocycles. The number of aryl methyl sites for hydroxylation is 2. The number of aromatic nitrogens is 5. The molecule has 2 aromatic carbocycles. The van der Waals surface area contributed by atoms with Crippen molar-refractivity contribution in [3.8, 4) is 22.8 Å². The third-order valence-corrected chi connectivity index (χ3v) is 5.21. The fourth-order valence-electron chi connectivity index (χ4n) is 2.91. The van der Waals surface area contributed by atoms with Crippen molar-refractivity contribution in [3.63, 3.8) is 0 Å². The lowest BCUT2D eigenvalue weighted by atomic mass is 10.2. The summed E-state index contributed by atoms with van der Waals surface area (Å²) in [5.74, 6) is 3.05. The summed E-state index contributed by atoms with van der Waals surface area (Å²) >= 11 is 1.50. The van der Waals surface area contributed by atoms with E-state index in [1.165, 1.54) is 11.8 Å². The van der Waals surface area contributed by atoms with Crippen molar-refractivity contribution in [2.24, 2.45) is 0 Å². The van der Waals surface area contributed by atoms with Gasteiger partial charge >= 0.3 is 0 Å². The van der Waals surface area contributed by atoms with Crippen molar-refractivity contribution < 1.29 is 9.26 Å². The standard InChI is InChI=1S/C20H19N5O2S/c1-13-8-4-6-10-16(13)25-14(2)22-23-20(25)28-12-18-21-19(24-27-18)15-9-5-7-11-17(15)26-3/h4-11H,12H2,1-3H3. The molecule has 0 aliphatic rings. The van der Waals surface area contributed by atoms with Crippen LogP contribution in [-0.4, -0.2) is 32.0 Å². The smallest absolute Gasteiger partial charge is 0.237 e. The molecule has 0 unspecified atom stereocenters. The van der Waals surface area contributed by atoms with E-state index in [4.69, 9.17) is 9.26 Å². The van der Waals surface area contributed by atoms with Crippen molar-refractivity contribution in [1.82, 2.24) is 24.9 Å². The van der Waals surface area contributed by atoms with Gasteiger partial charge in [0.1, 0.15) is 11.6 Å². The van der Waals surface area contributed by atoms with Crippen molar-refractivity contribution in [3.05, 3.63) is 65.8 Å². The number of hydrogen-bond acceptors (Lipinski definition) is 7. The summed E-state index contributed by atoms with van der Waals surface area (Å²) in [4.78, 5) is 4.49. The van der Waals surface area contributed by atoms with Gasteiger partial charge in [-0.3, -0.25) is 4.57 Å². The molecule has 4 aromatic rings. The van der Waals surface area contributed by atoms with Gasteiger partial charge in [-0.15, -0.1) is 10.2 Å². The Labute approximate surface area is 166 Å². The molecule has 0 radical (unpaired) electrons. The Hall–Kier alpha value is -3.13. The Kier molecular flexibility index (Phi) is 5.12. The van der Waals surface area contributed by atoms with E-state index in [9.17, 15) is 0 Å². The number of para-hydroxylation sites is 2. The van der Waals surface area contributed by atoms with Gasteiger partial charge in [0.05, 0.1) is 24.1 Å². The molecule has 8 heteroatoms. The number of ether oxygens (including phenoxy) is 1. The highest BCUT2D eigenvalue weighted by atomic mass is 32.2. The van der Waals surface area contributed by atoms with Gasteiger partial charge in [-0.05, 0) is 37.6 Å². The zero-order valence-electron chi connectivity index (χ0n) is 15.8. The van der Waals surface area contributed by atoms with Gasteiger partial charge in [0.15, 0.2) is 5.16 Å². The highest BCUT2D eigenvalue weighted by Crippen LogP contribution is 2.29. The highest BCUT2D eigenvalue weighted by molar-refractivity contribution is 7.98. The molecule has 0 spiro atoms. The van der Waals surface area contributed by atoms with Gasteiger partial charge in [-0.1, -0.05) is 47.3 Å². The lowest BCUT2D eigenvalue weighted by molar-refractivity contribution is 0.390. The predicted octanol–water partition coefficient (Wildman–Crippen LogP) is 4.24. The molecule has 142 valence electrons. The lowest BCUT2D eigenvalue weighted by Crippen LogP contribution is -2.01. The van der Waals surface area contributed by atoms with E-state index < -0.39 is 0 Å². The topological polar surface area (TPSA) is 78.9 Å². The Bertz CT molecular complexity index is 1110. The number of rotatable bonds is 6. The average molecular weight is 393 g/mol. The van der Waals surface area contributed by atoms with E-state index in [1.54, 1.807) is 7.11 Å². The average Bonchev–Trinajstić information content (AvgIpc) is 3.33. The predicted molar refractivity (Wildman–Crippen MR) is 107 cm³/mol. The molecule has 2 heterocycles. The third kappa shape index (κ3) is 3.50. The molecule has 4 rings (SSSR count). The molecule has 0 aliphatic heterocycles. The highest BCUT2D eigenvalue weighted by Gasteiger charge is 2.16. The van der Waals surface area contributed by atoms with Crippen molar-refractivity contribution >= 4 is 11.8 Å². The fourth-order valence-corrected chi connectivity index (χ4v) is 3.73. The van der Waals surface area contributed by atoms with E-state index in [0.29, 0.717) is 23.2 Å².